The summed E-state index contributed by atoms with van der Waals surface area (Å²) >= 11 is 0. The molecule has 1 aliphatic heterocycles. The number of aromatic nitrogens is 3. The normalized spacial score (nSPS) is 12.9. The van der Waals surface area contributed by atoms with Crippen LogP contribution in [0.25, 0.3) is 22.2 Å². The van der Waals surface area contributed by atoms with E-state index in [-0.39, 0.29) is 10.6 Å². The summed E-state index contributed by atoms with van der Waals surface area (Å²) in [5.74, 6) is 0.761. The Morgan fingerprint density at radius 3 is 2.85 bits per heavy atom. The molecule has 11 heteroatoms. The van der Waals surface area contributed by atoms with Crippen LogP contribution in [0, 0.1) is 10.1 Å². The standard InChI is InChI=1S/C28H33N7O4/c1-18(2)29-11-12-33(3)23-16-26(38-4)21(15-24(23)35(36)37)32-28-30-10-9-20(31-28)27-19-7-5-6-8-22(19)34-13-14-39-17-25(27)34/h5-10,15-16,18,29H,11-14,17H2,1-4H3,(H,30,31,32). The highest BCUT2D eigenvalue weighted by Crippen LogP contribution is 2.40. The topological polar surface area (TPSA) is 120 Å². The smallest absolute Gasteiger partial charge is 0.294 e. The van der Waals surface area contributed by atoms with E-state index in [2.05, 4.69) is 46.2 Å². The zero-order valence-electron chi connectivity index (χ0n) is 22.6. The third-order valence-electron chi connectivity index (χ3n) is 6.84. The molecule has 0 saturated carbocycles. The molecule has 4 aromatic rings. The number of fused-ring (bicyclic) bond motifs is 3. The Hall–Kier alpha value is -4.22. The number of ether oxygens (including phenoxy) is 2. The predicted octanol–water partition coefficient (Wildman–Crippen LogP) is 4.72. The van der Waals surface area contributed by atoms with Gasteiger partial charge in [0.2, 0.25) is 5.95 Å². The first-order valence-corrected chi connectivity index (χ1v) is 13.0. The van der Waals surface area contributed by atoms with Crippen LogP contribution in [-0.4, -0.2) is 59.4 Å². The van der Waals surface area contributed by atoms with Gasteiger partial charge in [-0.15, -0.1) is 0 Å². The number of nitro groups is 1. The van der Waals surface area contributed by atoms with Crippen molar-refractivity contribution in [3.05, 3.63) is 64.5 Å². The zero-order chi connectivity index (χ0) is 27.5. The van der Waals surface area contributed by atoms with Crippen LogP contribution in [0.3, 0.4) is 0 Å². The monoisotopic (exact) mass is 531 g/mol. The first kappa shape index (κ1) is 26.4. The van der Waals surface area contributed by atoms with Crippen molar-refractivity contribution in [3.63, 3.8) is 0 Å². The van der Waals surface area contributed by atoms with Crippen LogP contribution in [-0.2, 0) is 17.9 Å². The minimum Gasteiger partial charge on any atom is -0.494 e. The van der Waals surface area contributed by atoms with Gasteiger partial charge in [0.25, 0.3) is 5.69 Å². The molecule has 2 N–H and O–H groups in total. The van der Waals surface area contributed by atoms with E-state index in [4.69, 9.17) is 14.5 Å². The first-order chi connectivity index (χ1) is 18.9. The molecule has 0 amide bonds. The van der Waals surface area contributed by atoms with Gasteiger partial charge < -0.3 is 29.6 Å². The van der Waals surface area contributed by atoms with E-state index < -0.39 is 0 Å². The molecule has 39 heavy (non-hydrogen) atoms. The fourth-order valence-corrected chi connectivity index (χ4v) is 4.97. The molecule has 2 aromatic heterocycles. The van der Waals surface area contributed by atoms with Crippen molar-refractivity contribution < 1.29 is 14.4 Å². The van der Waals surface area contributed by atoms with Gasteiger partial charge in [-0.3, -0.25) is 10.1 Å². The quantitative estimate of drug-likeness (QED) is 0.221. The Morgan fingerprint density at radius 1 is 1.26 bits per heavy atom. The van der Waals surface area contributed by atoms with Gasteiger partial charge in [-0.2, -0.15) is 0 Å². The van der Waals surface area contributed by atoms with E-state index >= 15 is 0 Å². The van der Waals surface area contributed by atoms with Crippen LogP contribution in [0.5, 0.6) is 5.75 Å². The minimum absolute atomic E-state index is 0.0360. The second kappa shape index (κ2) is 11.3. The van der Waals surface area contributed by atoms with Crippen LogP contribution < -0.4 is 20.3 Å². The summed E-state index contributed by atoms with van der Waals surface area (Å²) < 4.78 is 13.7. The number of nitro benzene ring substituents is 1. The summed E-state index contributed by atoms with van der Waals surface area (Å²) in [6.07, 6.45) is 1.68. The SMILES string of the molecule is COc1cc(N(C)CCNC(C)C)c([N+](=O)[O-])cc1Nc1nccc(-c2c3n(c4ccccc24)CCOC3)n1. The van der Waals surface area contributed by atoms with Gasteiger partial charge in [0.15, 0.2) is 0 Å². The maximum absolute atomic E-state index is 12.0. The highest BCUT2D eigenvalue weighted by Gasteiger charge is 2.24. The van der Waals surface area contributed by atoms with Gasteiger partial charge in [0.1, 0.15) is 11.4 Å². The van der Waals surface area contributed by atoms with Crippen molar-refractivity contribution in [2.75, 3.05) is 44.1 Å². The maximum atomic E-state index is 12.0. The van der Waals surface area contributed by atoms with Crippen LogP contribution in [0.1, 0.15) is 19.5 Å². The molecule has 11 nitrogen and oxygen atoms in total. The molecule has 0 spiro atoms. The summed E-state index contributed by atoms with van der Waals surface area (Å²) in [6, 6.07) is 13.6. The average Bonchev–Trinajstić information content (AvgIpc) is 3.27. The van der Waals surface area contributed by atoms with Crippen molar-refractivity contribution >= 4 is 33.9 Å². The number of rotatable bonds is 10. The molecule has 2 aromatic carbocycles. The Labute approximate surface area is 226 Å². The number of hydrogen-bond acceptors (Lipinski definition) is 9. The van der Waals surface area contributed by atoms with Crippen molar-refractivity contribution in [3.8, 4) is 17.0 Å². The lowest BCUT2D eigenvalue weighted by Crippen LogP contribution is -2.33. The number of anilines is 3. The second-order valence-electron chi connectivity index (χ2n) is 9.76. The molecule has 1 aliphatic rings. The van der Waals surface area contributed by atoms with Gasteiger partial charge in [-0.1, -0.05) is 32.0 Å². The van der Waals surface area contributed by atoms with Crippen LogP contribution in [0.2, 0.25) is 0 Å². The number of para-hydroxylation sites is 1. The molecule has 0 radical (unpaired) electrons. The van der Waals surface area contributed by atoms with Crippen molar-refractivity contribution in [1.82, 2.24) is 19.9 Å². The van der Waals surface area contributed by atoms with Crippen LogP contribution in [0.4, 0.5) is 23.0 Å². The maximum Gasteiger partial charge on any atom is 0.294 e. The molecule has 204 valence electrons. The first-order valence-electron chi connectivity index (χ1n) is 13.0. The molecule has 0 atom stereocenters. The number of methoxy groups -OCH3 is 1. The number of likely N-dealkylation sites (N-methyl/N-ethyl adjacent to an activating group) is 1. The third-order valence-corrected chi connectivity index (χ3v) is 6.84. The summed E-state index contributed by atoms with van der Waals surface area (Å²) in [4.78, 5) is 22.7. The van der Waals surface area contributed by atoms with E-state index in [1.807, 2.05) is 30.1 Å². The Balaban J connectivity index is 1.49. The molecule has 0 bridgehead atoms. The van der Waals surface area contributed by atoms with E-state index in [1.165, 1.54) is 13.2 Å². The van der Waals surface area contributed by atoms with Gasteiger partial charge in [0.05, 0.1) is 42.3 Å². The molecule has 0 fully saturated rings. The highest BCUT2D eigenvalue weighted by atomic mass is 16.6. The molecule has 3 heterocycles. The van der Waals surface area contributed by atoms with Gasteiger partial charge in [-0.05, 0) is 12.1 Å². The Morgan fingerprint density at radius 2 is 2.08 bits per heavy atom. The van der Waals surface area contributed by atoms with E-state index in [0.29, 0.717) is 55.4 Å². The summed E-state index contributed by atoms with van der Waals surface area (Å²) in [5, 5.41) is 19.6. The lowest BCUT2D eigenvalue weighted by molar-refractivity contribution is -0.384. The van der Waals surface area contributed by atoms with Gasteiger partial charge in [0, 0.05) is 67.5 Å². The minimum atomic E-state index is -0.386. The van der Waals surface area contributed by atoms with E-state index in [0.717, 1.165) is 34.4 Å². The van der Waals surface area contributed by atoms with Gasteiger partial charge in [-0.25, -0.2) is 9.97 Å². The predicted molar refractivity (Wildman–Crippen MR) is 152 cm³/mol. The van der Waals surface area contributed by atoms with E-state index in [9.17, 15) is 10.1 Å². The van der Waals surface area contributed by atoms with Gasteiger partial charge >= 0.3 is 0 Å². The third kappa shape index (κ3) is 5.36. The summed E-state index contributed by atoms with van der Waals surface area (Å²) in [5.41, 5.74) is 4.79. The number of nitrogens with one attached hydrogen (secondary N) is 2. The van der Waals surface area contributed by atoms with Crippen LogP contribution >= 0.6 is 0 Å². The molecular formula is C28H33N7O4. The molecule has 5 rings (SSSR count). The number of hydrogen-bond donors (Lipinski definition) is 2. The molecular weight excluding hydrogens is 498 g/mol. The lowest BCUT2D eigenvalue weighted by atomic mass is 10.1. The Bertz CT molecular complexity index is 1500. The van der Waals surface area contributed by atoms with Crippen molar-refractivity contribution in [2.45, 2.75) is 33.0 Å². The summed E-state index contributed by atoms with van der Waals surface area (Å²) in [7, 11) is 3.36. The highest BCUT2D eigenvalue weighted by molar-refractivity contribution is 5.97. The lowest BCUT2D eigenvalue weighted by Gasteiger charge is -2.22. The van der Waals surface area contributed by atoms with Crippen molar-refractivity contribution in [1.29, 1.82) is 0 Å². The molecule has 0 unspecified atom stereocenters. The fraction of sp³-hybridized carbons (Fsp3) is 0.357. The van der Waals surface area contributed by atoms with E-state index in [1.54, 1.807) is 12.3 Å². The molecule has 0 aliphatic carbocycles. The zero-order valence-corrected chi connectivity index (χ0v) is 22.6. The second-order valence-corrected chi connectivity index (χ2v) is 9.76. The van der Waals surface area contributed by atoms with Crippen molar-refractivity contribution in [2.24, 2.45) is 0 Å². The average molecular weight is 532 g/mol. The number of benzene rings is 2. The number of nitrogens with zero attached hydrogens (tertiary/aromatic N) is 5. The van der Waals surface area contributed by atoms with Crippen LogP contribution in [0.15, 0.2) is 48.7 Å². The molecule has 0 saturated heterocycles. The fourth-order valence-electron chi connectivity index (χ4n) is 4.97. The summed E-state index contributed by atoms with van der Waals surface area (Å²) in [6.45, 7) is 7.35. The largest absolute Gasteiger partial charge is 0.494 e. The Kier molecular flexibility index (Phi) is 7.62.